The molecule has 0 aliphatic heterocycles. The number of nitrogens with zero attached hydrogens (tertiary/aromatic N) is 2. The van der Waals surface area contributed by atoms with Crippen molar-refractivity contribution < 1.29 is 13.2 Å². The van der Waals surface area contributed by atoms with E-state index >= 15 is 0 Å². The van der Waals surface area contributed by atoms with Crippen LogP contribution in [0.5, 0.6) is 0 Å². The Balaban J connectivity index is 2.26. The van der Waals surface area contributed by atoms with Crippen molar-refractivity contribution in [1.82, 2.24) is 9.36 Å². The highest BCUT2D eigenvalue weighted by molar-refractivity contribution is 7.06. The fraction of sp³-hybridized carbons (Fsp3) is 0.0769. The van der Waals surface area contributed by atoms with E-state index in [1.807, 2.05) is 6.07 Å². The van der Waals surface area contributed by atoms with E-state index in [1.165, 1.54) is 12.4 Å². The fourth-order valence-corrected chi connectivity index (χ4v) is 2.68. The second-order valence-electron chi connectivity index (χ2n) is 4.14. The minimum absolute atomic E-state index is 0.0313. The fourth-order valence-electron chi connectivity index (χ4n) is 2.05. The summed E-state index contributed by atoms with van der Waals surface area (Å²) in [5, 5.41) is 9.47. The number of nitriles is 1. The van der Waals surface area contributed by atoms with Gasteiger partial charge in [0.15, 0.2) is 0 Å². The minimum atomic E-state index is -4.44. The van der Waals surface area contributed by atoms with E-state index in [9.17, 15) is 13.2 Å². The van der Waals surface area contributed by atoms with Crippen molar-refractivity contribution in [2.24, 2.45) is 0 Å². The second-order valence-corrected chi connectivity index (χ2v) is 4.94. The summed E-state index contributed by atoms with van der Waals surface area (Å²) in [6.45, 7) is 0. The summed E-state index contributed by atoms with van der Waals surface area (Å²) in [4.78, 5) is 2.17. The summed E-state index contributed by atoms with van der Waals surface area (Å²) in [5.41, 5.74) is 1.51. The molecule has 20 heavy (non-hydrogen) atoms. The number of fused-ring (bicyclic) bond motifs is 1. The van der Waals surface area contributed by atoms with E-state index in [1.54, 1.807) is 18.2 Å². The molecule has 1 N–H and O–H groups in total. The standard InChI is InChI=1S/C13H6F3N3S/c14-13(15,16)12-10(6-19-20-12)9-5-18-11-2-1-7(4-17)3-8(9)11/h1-3,5-6,18H. The number of benzene rings is 1. The van der Waals surface area contributed by atoms with Crippen LogP contribution in [-0.4, -0.2) is 9.36 Å². The molecule has 0 unspecified atom stereocenters. The third-order valence-electron chi connectivity index (χ3n) is 2.93. The van der Waals surface area contributed by atoms with Gasteiger partial charge in [-0.05, 0) is 29.7 Å². The highest BCUT2D eigenvalue weighted by Gasteiger charge is 2.36. The maximum atomic E-state index is 12.9. The van der Waals surface area contributed by atoms with Crippen LogP contribution >= 0.6 is 11.5 Å². The van der Waals surface area contributed by atoms with Crippen molar-refractivity contribution in [3.8, 4) is 17.2 Å². The van der Waals surface area contributed by atoms with Gasteiger partial charge in [-0.2, -0.15) is 22.8 Å². The minimum Gasteiger partial charge on any atom is -0.361 e. The van der Waals surface area contributed by atoms with Crippen molar-refractivity contribution in [3.63, 3.8) is 0 Å². The molecule has 0 radical (unpaired) electrons. The molecular formula is C13H6F3N3S. The van der Waals surface area contributed by atoms with Gasteiger partial charge in [0.05, 0.1) is 11.6 Å². The smallest absolute Gasteiger partial charge is 0.361 e. The van der Waals surface area contributed by atoms with Crippen LogP contribution in [0.3, 0.4) is 0 Å². The molecule has 0 bridgehead atoms. The van der Waals surface area contributed by atoms with Gasteiger partial charge in [0.25, 0.3) is 0 Å². The first-order valence-electron chi connectivity index (χ1n) is 5.54. The number of alkyl halides is 3. The summed E-state index contributed by atoms with van der Waals surface area (Å²) < 4.78 is 42.4. The highest BCUT2D eigenvalue weighted by atomic mass is 32.1. The molecular weight excluding hydrogens is 287 g/mol. The number of nitrogens with one attached hydrogen (secondary N) is 1. The zero-order valence-corrected chi connectivity index (χ0v) is 10.6. The first kappa shape index (κ1) is 12.7. The first-order valence-corrected chi connectivity index (χ1v) is 6.31. The Morgan fingerprint density at radius 1 is 1.25 bits per heavy atom. The molecule has 100 valence electrons. The predicted octanol–water partition coefficient (Wildman–Crippen LogP) is 4.18. The summed E-state index contributed by atoms with van der Waals surface area (Å²) >= 11 is 0.419. The summed E-state index contributed by atoms with van der Waals surface area (Å²) in [7, 11) is 0. The topological polar surface area (TPSA) is 52.5 Å². The molecule has 0 atom stereocenters. The van der Waals surface area contributed by atoms with Gasteiger partial charge >= 0.3 is 6.18 Å². The van der Waals surface area contributed by atoms with Crippen LogP contribution in [0.25, 0.3) is 22.0 Å². The Labute approximate surface area is 115 Å². The largest absolute Gasteiger partial charge is 0.427 e. The summed E-state index contributed by atoms with van der Waals surface area (Å²) in [6, 6.07) is 6.83. The Morgan fingerprint density at radius 3 is 2.75 bits per heavy atom. The van der Waals surface area contributed by atoms with Crippen LogP contribution in [-0.2, 0) is 6.18 Å². The van der Waals surface area contributed by atoms with E-state index in [0.717, 1.165) is 0 Å². The Bertz CT molecular complexity index is 823. The lowest BCUT2D eigenvalue weighted by Gasteiger charge is -2.05. The van der Waals surface area contributed by atoms with Crippen LogP contribution in [0, 0.1) is 11.3 Å². The lowest BCUT2D eigenvalue weighted by molar-refractivity contribution is -0.133. The van der Waals surface area contributed by atoms with Gasteiger partial charge in [0.2, 0.25) is 0 Å². The zero-order valence-electron chi connectivity index (χ0n) is 9.82. The molecule has 3 aromatic rings. The number of aromatic amines is 1. The molecule has 0 saturated heterocycles. The van der Waals surface area contributed by atoms with E-state index < -0.39 is 11.1 Å². The maximum absolute atomic E-state index is 12.9. The third-order valence-corrected chi connectivity index (χ3v) is 3.77. The normalized spacial score (nSPS) is 11.7. The highest BCUT2D eigenvalue weighted by Crippen LogP contribution is 2.41. The number of hydrogen-bond acceptors (Lipinski definition) is 3. The van der Waals surface area contributed by atoms with Crippen molar-refractivity contribution in [2.75, 3.05) is 0 Å². The van der Waals surface area contributed by atoms with E-state index in [4.69, 9.17) is 5.26 Å². The average Bonchev–Trinajstić information content (AvgIpc) is 3.02. The van der Waals surface area contributed by atoms with Crippen LogP contribution < -0.4 is 0 Å². The van der Waals surface area contributed by atoms with Crippen LogP contribution in [0.15, 0.2) is 30.6 Å². The Kier molecular flexibility index (Phi) is 2.76. The van der Waals surface area contributed by atoms with Crippen LogP contribution in [0.1, 0.15) is 10.4 Å². The predicted molar refractivity (Wildman–Crippen MR) is 69.1 cm³/mol. The number of H-pyrrole nitrogens is 1. The van der Waals surface area contributed by atoms with Gasteiger partial charge in [0, 0.05) is 34.4 Å². The number of halogens is 3. The molecule has 3 rings (SSSR count). The van der Waals surface area contributed by atoms with E-state index in [0.29, 0.717) is 33.6 Å². The molecule has 3 nitrogen and oxygen atoms in total. The van der Waals surface area contributed by atoms with Gasteiger partial charge in [-0.25, -0.2) is 0 Å². The average molecular weight is 293 g/mol. The van der Waals surface area contributed by atoms with Crippen LogP contribution in [0.2, 0.25) is 0 Å². The second kappa shape index (κ2) is 4.35. The van der Waals surface area contributed by atoms with E-state index in [-0.39, 0.29) is 5.56 Å². The van der Waals surface area contributed by atoms with Gasteiger partial charge < -0.3 is 4.98 Å². The summed E-state index contributed by atoms with van der Waals surface area (Å²) in [5.74, 6) is 0. The molecule has 1 aromatic carbocycles. The van der Waals surface area contributed by atoms with Gasteiger partial charge in [-0.3, -0.25) is 0 Å². The molecule has 0 saturated carbocycles. The van der Waals surface area contributed by atoms with Gasteiger partial charge in [0.1, 0.15) is 4.88 Å². The lowest BCUT2D eigenvalue weighted by Crippen LogP contribution is -2.03. The first-order chi connectivity index (χ1) is 9.50. The van der Waals surface area contributed by atoms with Crippen molar-refractivity contribution in [2.45, 2.75) is 6.18 Å². The number of hydrogen-bond donors (Lipinski definition) is 1. The summed E-state index contributed by atoms with van der Waals surface area (Å²) in [6.07, 6.45) is -1.73. The van der Waals surface area contributed by atoms with Crippen molar-refractivity contribution >= 4 is 22.4 Å². The molecule has 7 heteroatoms. The van der Waals surface area contributed by atoms with Crippen molar-refractivity contribution in [1.29, 1.82) is 5.26 Å². The molecule has 2 aromatic heterocycles. The SMILES string of the molecule is N#Cc1ccc2[nH]cc(-c3cnsc3C(F)(F)F)c2c1. The Hall–Kier alpha value is -2.33. The third kappa shape index (κ3) is 1.94. The van der Waals surface area contributed by atoms with Gasteiger partial charge in [-0.15, -0.1) is 0 Å². The number of rotatable bonds is 1. The molecule has 0 aliphatic carbocycles. The van der Waals surface area contributed by atoms with Crippen molar-refractivity contribution in [3.05, 3.63) is 41.0 Å². The molecule has 0 amide bonds. The monoisotopic (exact) mass is 293 g/mol. The van der Waals surface area contributed by atoms with Crippen LogP contribution in [0.4, 0.5) is 13.2 Å². The molecule has 0 aliphatic rings. The Morgan fingerprint density at radius 2 is 2.05 bits per heavy atom. The van der Waals surface area contributed by atoms with Gasteiger partial charge in [-0.1, -0.05) is 0 Å². The quantitative estimate of drug-likeness (QED) is 0.731. The molecule has 0 spiro atoms. The zero-order chi connectivity index (χ0) is 14.3. The molecule has 2 heterocycles. The molecule has 0 fully saturated rings. The maximum Gasteiger partial charge on any atom is 0.427 e. The van der Waals surface area contributed by atoms with E-state index in [2.05, 4.69) is 9.36 Å². The lowest BCUT2D eigenvalue weighted by atomic mass is 10.0. The number of aromatic nitrogens is 2.